The molecule has 0 bridgehead atoms. The van der Waals surface area contributed by atoms with Gasteiger partial charge in [-0.2, -0.15) is 0 Å². The average Bonchev–Trinajstić information content (AvgIpc) is 2.92. The lowest BCUT2D eigenvalue weighted by atomic mass is 10.1. The average molecular weight is 255 g/mol. The van der Waals surface area contributed by atoms with Crippen molar-refractivity contribution in [2.75, 3.05) is 53.0 Å². The molecule has 2 amide bonds. The number of nitrogens with zero attached hydrogens (tertiary/aromatic N) is 2. The number of nitrogens with one attached hydrogen (secondary N) is 1. The SMILES string of the molecule is CN(CC(=O)N1CCOCC1)C(=O)C1CCNC1. The maximum Gasteiger partial charge on any atom is 0.242 e. The van der Waals surface area contributed by atoms with Crippen LogP contribution in [0.3, 0.4) is 0 Å². The van der Waals surface area contributed by atoms with E-state index in [1.54, 1.807) is 16.8 Å². The lowest BCUT2D eigenvalue weighted by molar-refractivity contribution is -0.143. The van der Waals surface area contributed by atoms with Gasteiger partial charge >= 0.3 is 0 Å². The second-order valence-electron chi connectivity index (χ2n) is 4.88. The monoisotopic (exact) mass is 255 g/mol. The van der Waals surface area contributed by atoms with Crippen molar-refractivity contribution in [3.63, 3.8) is 0 Å². The van der Waals surface area contributed by atoms with Crippen LogP contribution in [0.25, 0.3) is 0 Å². The Labute approximate surface area is 107 Å². The van der Waals surface area contributed by atoms with E-state index in [0.717, 1.165) is 19.5 Å². The highest BCUT2D eigenvalue weighted by molar-refractivity contribution is 5.86. The Hall–Kier alpha value is -1.14. The molecule has 102 valence electrons. The number of hydrogen-bond acceptors (Lipinski definition) is 4. The van der Waals surface area contributed by atoms with Gasteiger partial charge in [-0.15, -0.1) is 0 Å². The number of morpholine rings is 1. The molecule has 0 aliphatic carbocycles. The fourth-order valence-corrected chi connectivity index (χ4v) is 2.37. The highest BCUT2D eigenvalue weighted by Gasteiger charge is 2.27. The molecule has 1 unspecified atom stereocenters. The molecule has 6 nitrogen and oxygen atoms in total. The van der Waals surface area contributed by atoms with Gasteiger partial charge in [0.25, 0.3) is 0 Å². The molecule has 0 spiro atoms. The van der Waals surface area contributed by atoms with Crippen molar-refractivity contribution in [2.24, 2.45) is 5.92 Å². The van der Waals surface area contributed by atoms with Gasteiger partial charge in [-0.25, -0.2) is 0 Å². The number of amides is 2. The summed E-state index contributed by atoms with van der Waals surface area (Å²) in [5, 5.41) is 3.17. The highest BCUT2D eigenvalue weighted by atomic mass is 16.5. The molecular weight excluding hydrogens is 234 g/mol. The molecule has 1 N–H and O–H groups in total. The molecule has 2 aliphatic rings. The maximum absolute atomic E-state index is 12.1. The van der Waals surface area contributed by atoms with Crippen LogP contribution in [-0.4, -0.2) is 74.6 Å². The molecule has 6 heteroatoms. The number of hydrogen-bond donors (Lipinski definition) is 1. The number of likely N-dealkylation sites (N-methyl/N-ethyl adjacent to an activating group) is 1. The Kier molecular flexibility index (Phi) is 4.54. The van der Waals surface area contributed by atoms with Gasteiger partial charge in [0.1, 0.15) is 0 Å². The first-order valence-electron chi connectivity index (χ1n) is 6.49. The normalized spacial score (nSPS) is 24.1. The minimum atomic E-state index is 0.0140. The van der Waals surface area contributed by atoms with Gasteiger partial charge in [-0.3, -0.25) is 9.59 Å². The minimum Gasteiger partial charge on any atom is -0.378 e. The second-order valence-corrected chi connectivity index (χ2v) is 4.88. The molecule has 0 aromatic rings. The third-order valence-electron chi connectivity index (χ3n) is 3.52. The molecule has 0 radical (unpaired) electrons. The van der Waals surface area contributed by atoms with Crippen LogP contribution in [0.4, 0.5) is 0 Å². The Morgan fingerprint density at radius 2 is 2.11 bits per heavy atom. The van der Waals surface area contributed by atoms with Crippen molar-refractivity contribution < 1.29 is 14.3 Å². The predicted octanol–water partition coefficient (Wildman–Crippen LogP) is -1.09. The maximum atomic E-state index is 12.1. The van der Waals surface area contributed by atoms with Crippen molar-refractivity contribution in [3.05, 3.63) is 0 Å². The van der Waals surface area contributed by atoms with E-state index >= 15 is 0 Å². The lowest BCUT2D eigenvalue weighted by Crippen LogP contribution is -2.47. The van der Waals surface area contributed by atoms with Gasteiger partial charge in [0.15, 0.2) is 0 Å². The summed E-state index contributed by atoms with van der Waals surface area (Å²) >= 11 is 0. The first-order valence-corrected chi connectivity index (χ1v) is 6.49. The van der Waals surface area contributed by atoms with Gasteiger partial charge in [0, 0.05) is 26.7 Å². The Morgan fingerprint density at radius 3 is 2.72 bits per heavy atom. The van der Waals surface area contributed by atoms with E-state index in [9.17, 15) is 9.59 Å². The van der Waals surface area contributed by atoms with Crippen LogP contribution in [0.2, 0.25) is 0 Å². The van der Waals surface area contributed by atoms with Crippen LogP contribution in [0, 0.1) is 5.92 Å². The number of ether oxygens (including phenoxy) is 1. The van der Waals surface area contributed by atoms with Crippen molar-refractivity contribution in [1.29, 1.82) is 0 Å². The van der Waals surface area contributed by atoms with Gasteiger partial charge in [0.05, 0.1) is 25.7 Å². The quantitative estimate of drug-likeness (QED) is 0.696. The molecule has 18 heavy (non-hydrogen) atoms. The zero-order valence-electron chi connectivity index (χ0n) is 10.9. The number of rotatable bonds is 3. The fraction of sp³-hybridized carbons (Fsp3) is 0.833. The van der Waals surface area contributed by atoms with Crippen LogP contribution in [0.1, 0.15) is 6.42 Å². The Bertz CT molecular complexity index is 310. The van der Waals surface area contributed by atoms with Crippen LogP contribution < -0.4 is 5.32 Å². The standard InChI is InChI=1S/C12H21N3O3/c1-14(12(17)10-2-3-13-8-10)9-11(16)15-4-6-18-7-5-15/h10,13H,2-9H2,1H3. The van der Waals surface area contributed by atoms with Gasteiger partial charge < -0.3 is 19.9 Å². The molecule has 2 fully saturated rings. The smallest absolute Gasteiger partial charge is 0.242 e. The van der Waals surface area contributed by atoms with Crippen molar-refractivity contribution in [2.45, 2.75) is 6.42 Å². The largest absolute Gasteiger partial charge is 0.378 e. The Balaban J connectivity index is 1.80. The van der Waals surface area contributed by atoms with Crippen LogP contribution >= 0.6 is 0 Å². The summed E-state index contributed by atoms with van der Waals surface area (Å²) in [6.45, 7) is 4.25. The third kappa shape index (κ3) is 3.20. The molecule has 0 saturated carbocycles. The molecule has 2 saturated heterocycles. The van der Waals surface area contributed by atoms with E-state index in [2.05, 4.69) is 5.32 Å². The van der Waals surface area contributed by atoms with E-state index in [1.165, 1.54) is 0 Å². The summed E-state index contributed by atoms with van der Waals surface area (Å²) in [4.78, 5) is 27.4. The van der Waals surface area contributed by atoms with Crippen molar-refractivity contribution in [1.82, 2.24) is 15.1 Å². The number of carbonyl (C=O) groups is 2. The first-order chi connectivity index (χ1) is 8.68. The molecular formula is C12H21N3O3. The van der Waals surface area contributed by atoms with Gasteiger partial charge in [-0.1, -0.05) is 0 Å². The molecule has 2 heterocycles. The van der Waals surface area contributed by atoms with Crippen molar-refractivity contribution >= 4 is 11.8 Å². The van der Waals surface area contributed by atoms with E-state index < -0.39 is 0 Å². The third-order valence-corrected chi connectivity index (χ3v) is 3.52. The predicted molar refractivity (Wildman–Crippen MR) is 66.0 cm³/mol. The minimum absolute atomic E-state index is 0.0140. The van der Waals surface area contributed by atoms with Crippen LogP contribution in [-0.2, 0) is 14.3 Å². The van der Waals surface area contributed by atoms with E-state index in [0.29, 0.717) is 26.3 Å². The summed E-state index contributed by atoms with van der Waals surface area (Å²) < 4.78 is 5.20. The zero-order chi connectivity index (χ0) is 13.0. The second kappa shape index (κ2) is 6.15. The van der Waals surface area contributed by atoms with Crippen molar-refractivity contribution in [3.8, 4) is 0 Å². The lowest BCUT2D eigenvalue weighted by Gasteiger charge is -2.29. The van der Waals surface area contributed by atoms with E-state index in [1.807, 2.05) is 0 Å². The zero-order valence-corrected chi connectivity index (χ0v) is 10.9. The fourth-order valence-electron chi connectivity index (χ4n) is 2.37. The molecule has 0 aromatic heterocycles. The summed E-state index contributed by atoms with van der Waals surface area (Å²) in [5.41, 5.74) is 0. The molecule has 0 aromatic carbocycles. The van der Waals surface area contributed by atoms with E-state index in [4.69, 9.17) is 4.74 Å². The van der Waals surface area contributed by atoms with E-state index in [-0.39, 0.29) is 24.3 Å². The summed E-state index contributed by atoms with van der Waals surface area (Å²) in [5.74, 6) is 0.120. The van der Waals surface area contributed by atoms with Crippen LogP contribution in [0.5, 0.6) is 0 Å². The first kappa shape index (κ1) is 13.3. The summed E-state index contributed by atoms with van der Waals surface area (Å²) in [6.07, 6.45) is 0.870. The molecule has 2 aliphatic heterocycles. The molecule has 2 rings (SSSR count). The summed E-state index contributed by atoms with van der Waals surface area (Å²) in [7, 11) is 1.71. The topological polar surface area (TPSA) is 61.9 Å². The number of carbonyl (C=O) groups excluding carboxylic acids is 2. The summed E-state index contributed by atoms with van der Waals surface area (Å²) in [6, 6.07) is 0. The van der Waals surface area contributed by atoms with Gasteiger partial charge in [0.2, 0.25) is 11.8 Å². The molecule has 1 atom stereocenters. The Morgan fingerprint density at radius 1 is 1.39 bits per heavy atom. The highest BCUT2D eigenvalue weighted by Crippen LogP contribution is 2.11. The van der Waals surface area contributed by atoms with Gasteiger partial charge in [-0.05, 0) is 13.0 Å². The van der Waals surface area contributed by atoms with Crippen LogP contribution in [0.15, 0.2) is 0 Å².